The highest BCUT2D eigenvalue weighted by molar-refractivity contribution is 6.08. The molecule has 7 nitrogen and oxygen atoms in total. The van der Waals surface area contributed by atoms with Crippen molar-refractivity contribution in [2.45, 2.75) is 19.9 Å². The van der Waals surface area contributed by atoms with Crippen LogP contribution in [0.25, 0.3) is 17.0 Å². The predicted octanol–water partition coefficient (Wildman–Crippen LogP) is 4.80. The zero-order valence-corrected chi connectivity index (χ0v) is 19.2. The van der Waals surface area contributed by atoms with Crippen LogP contribution in [-0.4, -0.2) is 21.5 Å². The Morgan fingerprint density at radius 2 is 1.71 bits per heavy atom. The number of pyridine rings is 1. The van der Waals surface area contributed by atoms with Crippen molar-refractivity contribution in [1.82, 2.24) is 4.57 Å². The Labute approximate surface area is 202 Å². The fourth-order valence-corrected chi connectivity index (χ4v) is 3.88. The molecule has 1 heterocycles. The Kier molecular flexibility index (Phi) is 6.78. The van der Waals surface area contributed by atoms with Gasteiger partial charge in [0, 0.05) is 17.6 Å². The number of nitrogens with one attached hydrogen (secondary N) is 2. The number of phenols is 1. The first kappa shape index (κ1) is 23.5. The van der Waals surface area contributed by atoms with E-state index in [1.165, 1.54) is 22.8 Å². The minimum absolute atomic E-state index is 0.0209. The van der Waals surface area contributed by atoms with Crippen LogP contribution in [0.5, 0.6) is 5.75 Å². The summed E-state index contributed by atoms with van der Waals surface area (Å²) < 4.78 is 1.51. The minimum atomic E-state index is -0.532. The number of hydrogen-bond donors (Lipinski definition) is 3. The number of hydrogen-bond acceptors (Lipinski definition) is 4. The lowest BCUT2D eigenvalue weighted by Crippen LogP contribution is -2.29. The highest BCUT2D eigenvalue weighted by Crippen LogP contribution is 2.24. The third kappa shape index (κ3) is 5.14. The van der Waals surface area contributed by atoms with Crippen LogP contribution in [0.1, 0.15) is 28.4 Å². The van der Waals surface area contributed by atoms with E-state index in [4.69, 9.17) is 0 Å². The smallest absolute Gasteiger partial charge is 0.263 e. The summed E-state index contributed by atoms with van der Waals surface area (Å²) in [4.78, 5) is 38.9. The maximum absolute atomic E-state index is 13.1. The van der Waals surface area contributed by atoms with E-state index in [1.807, 2.05) is 19.1 Å². The zero-order chi connectivity index (χ0) is 24.9. The van der Waals surface area contributed by atoms with Gasteiger partial charge in [0.1, 0.15) is 11.3 Å². The van der Waals surface area contributed by atoms with Crippen LogP contribution in [0, 0.1) is 0 Å². The van der Waals surface area contributed by atoms with Gasteiger partial charge in [0.05, 0.1) is 17.6 Å². The van der Waals surface area contributed by atoms with E-state index >= 15 is 0 Å². The molecule has 3 N–H and O–H groups in total. The Hall–Kier alpha value is -4.65. The Morgan fingerprint density at radius 3 is 2.37 bits per heavy atom. The van der Waals surface area contributed by atoms with E-state index in [1.54, 1.807) is 48.5 Å². The average Bonchev–Trinajstić information content (AvgIpc) is 2.85. The average molecular weight is 468 g/mol. The van der Waals surface area contributed by atoms with Gasteiger partial charge in [-0.3, -0.25) is 14.4 Å². The summed E-state index contributed by atoms with van der Waals surface area (Å²) in [5.41, 5.74) is 2.90. The van der Waals surface area contributed by atoms with E-state index in [0.717, 1.165) is 11.1 Å². The van der Waals surface area contributed by atoms with Crippen molar-refractivity contribution in [2.75, 3.05) is 10.6 Å². The molecule has 4 aromatic rings. The van der Waals surface area contributed by atoms with Crippen molar-refractivity contribution in [3.05, 3.63) is 106 Å². The number of nitrogens with zero attached hydrogens (tertiary/aromatic N) is 1. The second-order valence-corrected chi connectivity index (χ2v) is 8.02. The fourth-order valence-electron chi connectivity index (χ4n) is 3.88. The first-order valence-electron chi connectivity index (χ1n) is 11.2. The molecular formula is C28H25N3O4. The summed E-state index contributed by atoms with van der Waals surface area (Å²) >= 11 is 0. The topological polar surface area (TPSA) is 100 Å². The number of aromatic hydroxyl groups is 1. The third-order valence-corrected chi connectivity index (χ3v) is 5.68. The maximum atomic E-state index is 13.1. The molecule has 0 radical (unpaired) electrons. The normalized spacial score (nSPS) is 10.7. The molecule has 35 heavy (non-hydrogen) atoms. The molecule has 4 rings (SSSR count). The van der Waals surface area contributed by atoms with Crippen LogP contribution in [0.15, 0.2) is 84.2 Å². The summed E-state index contributed by atoms with van der Waals surface area (Å²) in [5.74, 6) is -0.662. The van der Waals surface area contributed by atoms with E-state index in [2.05, 4.69) is 17.2 Å². The van der Waals surface area contributed by atoms with Crippen molar-refractivity contribution in [2.24, 2.45) is 0 Å². The summed E-state index contributed by atoms with van der Waals surface area (Å²) in [7, 11) is 0. The van der Waals surface area contributed by atoms with E-state index < -0.39 is 11.5 Å². The van der Waals surface area contributed by atoms with Gasteiger partial charge < -0.3 is 20.3 Å². The molecule has 0 spiro atoms. The van der Waals surface area contributed by atoms with E-state index in [-0.39, 0.29) is 23.6 Å². The number of phenolic OH excluding ortho intramolecular Hbond substituents is 1. The molecule has 0 aliphatic heterocycles. The molecule has 0 unspecified atom stereocenters. The molecule has 0 saturated carbocycles. The number of rotatable bonds is 7. The van der Waals surface area contributed by atoms with Crippen molar-refractivity contribution in [1.29, 1.82) is 0 Å². The highest BCUT2D eigenvalue weighted by atomic mass is 16.3. The first-order chi connectivity index (χ1) is 16.9. The van der Waals surface area contributed by atoms with Crippen LogP contribution in [-0.2, 0) is 17.8 Å². The molecule has 0 aliphatic carbocycles. The molecule has 0 bridgehead atoms. The van der Waals surface area contributed by atoms with Gasteiger partial charge in [-0.1, -0.05) is 43.0 Å². The van der Waals surface area contributed by atoms with Crippen LogP contribution in [0.3, 0.4) is 0 Å². The van der Waals surface area contributed by atoms with Crippen LogP contribution in [0.2, 0.25) is 0 Å². The van der Waals surface area contributed by atoms with Gasteiger partial charge in [-0.25, -0.2) is 0 Å². The number of anilines is 2. The van der Waals surface area contributed by atoms with Crippen molar-refractivity contribution in [3.8, 4) is 5.75 Å². The molecule has 7 heteroatoms. The van der Waals surface area contributed by atoms with Gasteiger partial charge in [0.15, 0.2) is 0 Å². The first-order valence-corrected chi connectivity index (χ1v) is 11.2. The third-order valence-electron chi connectivity index (χ3n) is 5.68. The number of benzene rings is 3. The molecule has 1 aromatic heterocycles. The lowest BCUT2D eigenvalue weighted by Gasteiger charge is -2.15. The number of fused-ring (bicyclic) bond motifs is 1. The molecule has 2 amide bonds. The second kappa shape index (κ2) is 10.1. The molecule has 3 aromatic carbocycles. The molecular weight excluding hydrogens is 442 g/mol. The zero-order valence-electron chi connectivity index (χ0n) is 19.2. The van der Waals surface area contributed by atoms with Crippen LogP contribution >= 0.6 is 0 Å². The quantitative estimate of drug-likeness (QED) is 0.363. The summed E-state index contributed by atoms with van der Waals surface area (Å²) in [6.45, 7) is 5.90. The largest absolute Gasteiger partial charge is 0.508 e. The molecule has 0 aliphatic rings. The predicted molar refractivity (Wildman–Crippen MR) is 139 cm³/mol. The van der Waals surface area contributed by atoms with Gasteiger partial charge in [0.2, 0.25) is 5.91 Å². The number of amides is 2. The lowest BCUT2D eigenvalue weighted by atomic mass is 10.1. The number of carbonyl (C=O) groups excluding carboxylic acids is 2. The Morgan fingerprint density at radius 1 is 1.00 bits per heavy atom. The number of carbonyl (C=O) groups is 2. The van der Waals surface area contributed by atoms with Crippen molar-refractivity contribution >= 4 is 40.2 Å². The van der Waals surface area contributed by atoms with E-state index in [9.17, 15) is 19.5 Å². The fraction of sp³-hybridized carbons (Fsp3) is 0.107. The SMILES string of the molecule is C=Cc1ccc(NC(=O)c2cc3c(NC(=O)Cc4ccc(O)cc4)cccc3n(CC)c2=O)cc1. The molecule has 0 fully saturated rings. The van der Waals surface area contributed by atoms with Gasteiger partial charge in [-0.05, 0) is 60.5 Å². The number of aromatic nitrogens is 1. The molecule has 176 valence electrons. The summed E-state index contributed by atoms with van der Waals surface area (Å²) in [6, 6.07) is 20.3. The van der Waals surface area contributed by atoms with Gasteiger partial charge in [0.25, 0.3) is 11.5 Å². The van der Waals surface area contributed by atoms with Crippen LogP contribution in [0.4, 0.5) is 11.4 Å². The van der Waals surface area contributed by atoms with Crippen LogP contribution < -0.4 is 16.2 Å². The van der Waals surface area contributed by atoms with Crippen molar-refractivity contribution < 1.29 is 14.7 Å². The second-order valence-electron chi connectivity index (χ2n) is 8.02. The van der Waals surface area contributed by atoms with Gasteiger partial charge in [-0.15, -0.1) is 0 Å². The molecule has 0 atom stereocenters. The van der Waals surface area contributed by atoms with E-state index in [0.29, 0.717) is 28.8 Å². The minimum Gasteiger partial charge on any atom is -0.508 e. The lowest BCUT2D eigenvalue weighted by molar-refractivity contribution is -0.115. The van der Waals surface area contributed by atoms with Gasteiger partial charge >= 0.3 is 0 Å². The van der Waals surface area contributed by atoms with Gasteiger partial charge in [-0.2, -0.15) is 0 Å². The summed E-state index contributed by atoms with van der Waals surface area (Å²) in [6.07, 6.45) is 1.81. The number of aryl methyl sites for hydroxylation is 1. The summed E-state index contributed by atoms with van der Waals surface area (Å²) in [5, 5.41) is 15.7. The monoisotopic (exact) mass is 467 g/mol. The Bertz CT molecular complexity index is 1470. The maximum Gasteiger partial charge on any atom is 0.263 e. The Balaban J connectivity index is 1.67. The molecule has 0 saturated heterocycles. The highest BCUT2D eigenvalue weighted by Gasteiger charge is 2.18. The van der Waals surface area contributed by atoms with Crippen molar-refractivity contribution in [3.63, 3.8) is 0 Å². The standard InChI is InChI=1S/C28H25N3O4/c1-3-18-8-12-20(13-9-18)29-27(34)23-17-22-24(6-5-7-25(22)31(4-2)28(23)35)30-26(33)16-19-10-14-21(32)15-11-19/h3,5-15,17,32H,1,4,16H2,2H3,(H,29,34)(H,30,33).